The number of halogens is 2. The van der Waals surface area contributed by atoms with Crippen molar-refractivity contribution in [3.8, 4) is 17.0 Å². The minimum absolute atomic E-state index is 0.0996. The maximum absolute atomic E-state index is 14.6. The predicted molar refractivity (Wildman–Crippen MR) is 121 cm³/mol. The van der Waals surface area contributed by atoms with E-state index in [1.165, 1.54) is 30.6 Å². The van der Waals surface area contributed by atoms with Crippen molar-refractivity contribution in [3.05, 3.63) is 65.0 Å². The normalized spacial score (nSPS) is 13.1. The van der Waals surface area contributed by atoms with Crippen LogP contribution in [0.1, 0.15) is 40.2 Å². The summed E-state index contributed by atoms with van der Waals surface area (Å²) in [5, 5.41) is 5.60. The fourth-order valence-corrected chi connectivity index (χ4v) is 3.64. The van der Waals surface area contributed by atoms with Crippen LogP contribution in [0.5, 0.6) is 5.75 Å². The van der Waals surface area contributed by atoms with Gasteiger partial charge in [0.05, 0.1) is 5.56 Å². The molecule has 1 amide bonds. The molecule has 0 spiro atoms. The zero-order valence-corrected chi connectivity index (χ0v) is 18.5. The van der Waals surface area contributed by atoms with Gasteiger partial charge in [-0.25, -0.2) is 13.8 Å². The second kappa shape index (κ2) is 9.50. The molecule has 1 aliphatic rings. The maximum Gasteiger partial charge on any atom is 0.263 e. The SMILES string of the molecule is CNCCOc1c(-c2cc(F)cc(NC(=O)c3ccc(C4CC4)cc3F)c2C)nc[nH+]c1N. The molecule has 0 unspecified atom stereocenters. The molecule has 9 heteroatoms. The van der Waals surface area contributed by atoms with Crippen molar-refractivity contribution < 1.29 is 23.3 Å². The number of aromatic nitrogens is 2. The third kappa shape index (κ3) is 4.93. The number of carbonyl (C=O) groups excluding carboxylic acids is 1. The van der Waals surface area contributed by atoms with E-state index in [0.29, 0.717) is 35.9 Å². The van der Waals surface area contributed by atoms with Gasteiger partial charge in [-0.3, -0.25) is 4.79 Å². The first-order chi connectivity index (χ1) is 15.9. The van der Waals surface area contributed by atoms with E-state index in [4.69, 9.17) is 10.5 Å². The Balaban J connectivity index is 1.66. The van der Waals surface area contributed by atoms with Crippen LogP contribution in [0.25, 0.3) is 11.3 Å². The number of H-pyrrole nitrogens is 1. The van der Waals surface area contributed by atoms with Gasteiger partial charge in [-0.05, 0) is 68.1 Å². The molecule has 33 heavy (non-hydrogen) atoms. The van der Waals surface area contributed by atoms with E-state index in [-0.39, 0.29) is 22.8 Å². The number of aromatic amines is 1. The van der Waals surface area contributed by atoms with Gasteiger partial charge in [-0.2, -0.15) is 0 Å². The van der Waals surface area contributed by atoms with Gasteiger partial charge in [0.15, 0.2) is 5.69 Å². The summed E-state index contributed by atoms with van der Waals surface area (Å²) >= 11 is 0. The number of anilines is 2. The van der Waals surface area contributed by atoms with E-state index in [9.17, 15) is 13.6 Å². The summed E-state index contributed by atoms with van der Waals surface area (Å²) in [5.74, 6) is -0.959. The second-order valence-corrected chi connectivity index (χ2v) is 8.04. The Hall–Kier alpha value is -3.59. The van der Waals surface area contributed by atoms with Crippen molar-refractivity contribution in [1.29, 1.82) is 0 Å². The number of nitrogens with zero attached hydrogens (tertiary/aromatic N) is 1. The van der Waals surface area contributed by atoms with Gasteiger partial charge in [0, 0.05) is 17.8 Å². The molecule has 1 aromatic heterocycles. The van der Waals surface area contributed by atoms with Gasteiger partial charge in [-0.1, -0.05) is 6.07 Å². The summed E-state index contributed by atoms with van der Waals surface area (Å²) < 4.78 is 34.9. The molecule has 0 bridgehead atoms. The maximum atomic E-state index is 14.6. The number of nitrogens with one attached hydrogen (secondary N) is 3. The lowest BCUT2D eigenvalue weighted by atomic mass is 10.0. The van der Waals surface area contributed by atoms with Crippen molar-refractivity contribution in [2.75, 3.05) is 31.2 Å². The lowest BCUT2D eigenvalue weighted by molar-refractivity contribution is -0.366. The molecule has 172 valence electrons. The Morgan fingerprint density at radius 3 is 2.76 bits per heavy atom. The molecule has 0 aliphatic heterocycles. The fourth-order valence-electron chi connectivity index (χ4n) is 3.64. The summed E-state index contributed by atoms with van der Waals surface area (Å²) in [6, 6.07) is 7.12. The highest BCUT2D eigenvalue weighted by Crippen LogP contribution is 2.40. The molecule has 1 fully saturated rings. The van der Waals surface area contributed by atoms with Crippen LogP contribution in [0.15, 0.2) is 36.7 Å². The number of hydrogen-bond acceptors (Lipinski definition) is 5. The number of likely N-dealkylation sites (N-methyl/N-ethyl adjacent to an activating group) is 1. The van der Waals surface area contributed by atoms with Crippen LogP contribution in [-0.2, 0) is 0 Å². The third-order valence-electron chi connectivity index (χ3n) is 5.63. The molecule has 0 atom stereocenters. The van der Waals surface area contributed by atoms with Gasteiger partial charge in [0.25, 0.3) is 11.7 Å². The highest BCUT2D eigenvalue weighted by atomic mass is 19.1. The number of benzene rings is 2. The quantitative estimate of drug-likeness (QED) is 0.453. The highest BCUT2D eigenvalue weighted by molar-refractivity contribution is 6.05. The van der Waals surface area contributed by atoms with E-state index >= 15 is 0 Å². The van der Waals surface area contributed by atoms with Crippen LogP contribution in [0.3, 0.4) is 0 Å². The Labute approximate surface area is 190 Å². The Kier molecular flexibility index (Phi) is 6.50. The van der Waals surface area contributed by atoms with Gasteiger partial charge < -0.3 is 21.1 Å². The lowest BCUT2D eigenvalue weighted by Crippen LogP contribution is -2.20. The minimum atomic E-state index is -0.658. The van der Waals surface area contributed by atoms with Crippen LogP contribution >= 0.6 is 0 Å². The summed E-state index contributed by atoms with van der Waals surface area (Å²) in [4.78, 5) is 19.9. The summed E-state index contributed by atoms with van der Waals surface area (Å²) in [6.07, 6.45) is 3.45. The van der Waals surface area contributed by atoms with Gasteiger partial charge in [-0.15, -0.1) is 4.98 Å². The largest absolute Gasteiger partial charge is 0.483 e. The first-order valence-corrected chi connectivity index (χ1v) is 10.7. The number of carbonyl (C=O) groups is 1. The molecule has 1 aliphatic carbocycles. The predicted octanol–water partition coefficient (Wildman–Crippen LogP) is 3.46. The van der Waals surface area contributed by atoms with E-state index < -0.39 is 17.5 Å². The first kappa shape index (κ1) is 22.6. The van der Waals surface area contributed by atoms with E-state index in [0.717, 1.165) is 18.4 Å². The zero-order valence-electron chi connectivity index (χ0n) is 18.5. The molecule has 1 heterocycles. The van der Waals surface area contributed by atoms with E-state index in [2.05, 4.69) is 20.6 Å². The number of hydrogen-bond donors (Lipinski definition) is 3. The molecule has 3 aromatic rings. The van der Waals surface area contributed by atoms with Crippen LogP contribution in [-0.4, -0.2) is 31.1 Å². The van der Waals surface area contributed by atoms with Gasteiger partial charge >= 0.3 is 0 Å². The van der Waals surface area contributed by atoms with Gasteiger partial charge in [0.2, 0.25) is 12.1 Å². The minimum Gasteiger partial charge on any atom is -0.483 e. The van der Waals surface area contributed by atoms with Crippen molar-refractivity contribution in [1.82, 2.24) is 10.3 Å². The monoisotopic (exact) mass is 454 g/mol. The topological polar surface area (TPSA) is 103 Å². The van der Waals surface area contributed by atoms with Crippen molar-refractivity contribution >= 4 is 17.4 Å². The van der Waals surface area contributed by atoms with Crippen LogP contribution < -0.4 is 26.1 Å². The molecule has 5 N–H and O–H groups in total. The van der Waals surface area contributed by atoms with Crippen molar-refractivity contribution in [3.63, 3.8) is 0 Å². The molecule has 0 saturated heterocycles. The zero-order chi connectivity index (χ0) is 23.5. The summed E-state index contributed by atoms with van der Waals surface area (Å²) in [6.45, 7) is 2.60. The van der Waals surface area contributed by atoms with Crippen molar-refractivity contribution in [2.24, 2.45) is 0 Å². The number of amides is 1. The number of rotatable bonds is 8. The molecule has 2 aromatic carbocycles. The molecule has 1 saturated carbocycles. The van der Waals surface area contributed by atoms with Crippen LogP contribution in [0.4, 0.5) is 20.3 Å². The summed E-state index contributed by atoms with van der Waals surface area (Å²) in [7, 11) is 1.79. The Morgan fingerprint density at radius 1 is 1.27 bits per heavy atom. The van der Waals surface area contributed by atoms with E-state index in [1.807, 2.05) is 0 Å². The van der Waals surface area contributed by atoms with Gasteiger partial charge in [0.1, 0.15) is 18.2 Å². The van der Waals surface area contributed by atoms with E-state index in [1.54, 1.807) is 20.0 Å². The van der Waals surface area contributed by atoms with Crippen molar-refractivity contribution in [2.45, 2.75) is 25.7 Å². The smallest absolute Gasteiger partial charge is 0.263 e. The standard InChI is InChI=1S/C24H25F2N5O2/c1-13-18(21-22(33-8-7-28-2)23(27)30-12-29-21)10-16(25)11-20(13)31-24(32)17-6-5-15(9-19(17)26)14-3-4-14/h5-6,9-12,14,28H,3-4,7-8H2,1-2H3,(H,31,32)(H2,27,29,30)/p+1. The molecule has 7 nitrogen and oxygen atoms in total. The highest BCUT2D eigenvalue weighted by Gasteiger charge is 2.26. The average molecular weight is 455 g/mol. The fraction of sp³-hybridized carbons (Fsp3) is 0.292. The third-order valence-corrected chi connectivity index (χ3v) is 5.63. The molecule has 0 radical (unpaired) electrons. The van der Waals surface area contributed by atoms with Crippen LogP contribution in [0.2, 0.25) is 0 Å². The molecular formula is C24H26F2N5O2+. The Morgan fingerprint density at radius 2 is 2.06 bits per heavy atom. The number of ether oxygens (including phenoxy) is 1. The molecule has 4 rings (SSSR count). The number of nitrogen functional groups attached to an aromatic ring is 1. The average Bonchev–Trinajstić information content (AvgIpc) is 3.62. The molecular weight excluding hydrogens is 428 g/mol. The Bertz CT molecular complexity index is 1200. The first-order valence-electron chi connectivity index (χ1n) is 10.7. The number of nitrogens with two attached hydrogens (primary N) is 1. The summed E-state index contributed by atoms with van der Waals surface area (Å²) in [5.41, 5.74) is 8.29. The second-order valence-electron chi connectivity index (χ2n) is 8.04. The lowest BCUT2D eigenvalue weighted by Gasteiger charge is -2.14. The van der Waals surface area contributed by atoms with Crippen LogP contribution in [0, 0.1) is 18.6 Å².